The molecule has 0 bridgehead atoms. The summed E-state index contributed by atoms with van der Waals surface area (Å²) in [5.41, 5.74) is 16.4. The number of carbonyl (C=O) groups is 5. The van der Waals surface area contributed by atoms with Crippen LogP contribution in [-0.2, 0) is 24.0 Å². The first kappa shape index (κ1) is 34.3. The number of carbonyl (C=O) groups excluding carboxylic acids is 3. The van der Waals surface area contributed by atoms with Gasteiger partial charge in [-0.3, -0.25) is 24.2 Å². The molecule has 4 unspecified atom stereocenters. The minimum Gasteiger partial charge on any atom is -0.481 e. The average Bonchev–Trinajstić information content (AvgIpc) is 2.83. The van der Waals surface area contributed by atoms with Gasteiger partial charge in [-0.1, -0.05) is 0 Å². The number of carboxylic acid groups (broad SMARTS) is 2. The summed E-state index contributed by atoms with van der Waals surface area (Å²) in [6.45, 7) is 0.180. The van der Waals surface area contributed by atoms with Gasteiger partial charge < -0.3 is 43.4 Å². The van der Waals surface area contributed by atoms with E-state index >= 15 is 0 Å². The Morgan fingerprint density at radius 1 is 0.784 bits per heavy atom. The summed E-state index contributed by atoms with van der Waals surface area (Å²) in [5.74, 6) is -3.47. The fraction of sp³-hybridized carbons (Fsp3) is 0.714. The Morgan fingerprint density at radius 3 is 1.76 bits per heavy atom. The standard InChI is InChI=1S/C21H39N7O7S2/c1-36-10-7-14(19(33)28-15(20(34)35)8-11-37-2)27-18(32)13(4-3-9-25-21(23)24)26-17(31)12(22)5-6-16(29)30/h12-15H,3-11,22H2,1-2H3,(H,26,31)(H,27,32)(H,28,33)(H,29,30)(H,34,35)(H4,23,24,25). The third-order valence-corrected chi connectivity index (χ3v) is 6.34. The molecule has 212 valence electrons. The summed E-state index contributed by atoms with van der Waals surface area (Å²) < 4.78 is 0. The predicted octanol–water partition coefficient (Wildman–Crippen LogP) is -1.72. The zero-order valence-electron chi connectivity index (χ0n) is 21.1. The molecular formula is C21H39N7O7S2. The van der Waals surface area contributed by atoms with Crippen LogP contribution in [0.1, 0.15) is 38.5 Å². The van der Waals surface area contributed by atoms with Crippen LogP contribution >= 0.6 is 23.5 Å². The molecule has 0 aromatic heterocycles. The lowest BCUT2D eigenvalue weighted by Crippen LogP contribution is -2.57. The minimum atomic E-state index is -1.18. The molecule has 0 aromatic rings. The molecule has 37 heavy (non-hydrogen) atoms. The number of carboxylic acids is 2. The van der Waals surface area contributed by atoms with Crippen LogP contribution < -0.4 is 33.2 Å². The highest BCUT2D eigenvalue weighted by molar-refractivity contribution is 7.98. The molecule has 0 aliphatic heterocycles. The summed E-state index contributed by atoms with van der Waals surface area (Å²) in [6.07, 6.45) is 4.02. The number of aliphatic imine (C=N–C) groups is 1. The number of nitrogens with zero attached hydrogens (tertiary/aromatic N) is 1. The van der Waals surface area contributed by atoms with Crippen molar-refractivity contribution < 1.29 is 34.2 Å². The second-order valence-electron chi connectivity index (χ2n) is 8.07. The van der Waals surface area contributed by atoms with Gasteiger partial charge >= 0.3 is 11.9 Å². The highest BCUT2D eigenvalue weighted by Crippen LogP contribution is 2.07. The van der Waals surface area contributed by atoms with Gasteiger partial charge in [-0.25, -0.2) is 4.79 Å². The molecular weight excluding hydrogens is 526 g/mol. The van der Waals surface area contributed by atoms with Gasteiger partial charge in [0.05, 0.1) is 6.04 Å². The van der Waals surface area contributed by atoms with Crippen molar-refractivity contribution in [2.75, 3.05) is 30.6 Å². The van der Waals surface area contributed by atoms with Gasteiger partial charge in [-0.15, -0.1) is 0 Å². The normalized spacial score (nSPS) is 13.9. The summed E-state index contributed by atoms with van der Waals surface area (Å²) >= 11 is 2.88. The third-order valence-electron chi connectivity index (χ3n) is 5.05. The third kappa shape index (κ3) is 15.9. The molecule has 3 amide bonds. The van der Waals surface area contributed by atoms with Crippen LogP contribution in [0.3, 0.4) is 0 Å². The molecule has 0 saturated heterocycles. The maximum atomic E-state index is 13.1. The fourth-order valence-corrected chi connectivity index (χ4v) is 3.95. The average molecular weight is 566 g/mol. The van der Waals surface area contributed by atoms with E-state index in [4.69, 9.17) is 22.3 Å². The number of amides is 3. The fourth-order valence-electron chi connectivity index (χ4n) is 3.00. The van der Waals surface area contributed by atoms with E-state index in [0.717, 1.165) is 0 Å². The first-order valence-corrected chi connectivity index (χ1v) is 14.4. The first-order chi connectivity index (χ1) is 17.4. The Morgan fingerprint density at radius 2 is 1.27 bits per heavy atom. The number of aliphatic carboxylic acids is 2. The van der Waals surface area contributed by atoms with Crippen LogP contribution in [0, 0.1) is 0 Å². The maximum Gasteiger partial charge on any atom is 0.326 e. The van der Waals surface area contributed by atoms with Crippen molar-refractivity contribution in [1.29, 1.82) is 0 Å². The van der Waals surface area contributed by atoms with E-state index in [0.29, 0.717) is 17.9 Å². The molecule has 0 spiro atoms. The van der Waals surface area contributed by atoms with Crippen molar-refractivity contribution in [2.45, 2.75) is 62.7 Å². The highest BCUT2D eigenvalue weighted by atomic mass is 32.2. The Labute approximate surface area is 224 Å². The van der Waals surface area contributed by atoms with Crippen molar-refractivity contribution in [3.05, 3.63) is 0 Å². The van der Waals surface area contributed by atoms with E-state index < -0.39 is 53.8 Å². The molecule has 0 saturated carbocycles. The Kier molecular flexibility index (Phi) is 18.0. The highest BCUT2D eigenvalue weighted by Gasteiger charge is 2.30. The molecule has 16 heteroatoms. The largest absolute Gasteiger partial charge is 0.481 e. The van der Waals surface area contributed by atoms with Crippen LogP contribution in [0.15, 0.2) is 4.99 Å². The van der Waals surface area contributed by atoms with Crippen LogP contribution in [0.4, 0.5) is 0 Å². The Balaban J connectivity index is 5.54. The SMILES string of the molecule is CSCCC(NC(=O)C(CCSC)NC(=O)C(CCCN=C(N)N)NC(=O)C(N)CCC(=O)O)C(=O)O. The van der Waals surface area contributed by atoms with Crippen LogP contribution in [0.2, 0.25) is 0 Å². The Bertz CT molecular complexity index is 797. The van der Waals surface area contributed by atoms with Gasteiger partial charge in [0.15, 0.2) is 5.96 Å². The molecule has 0 heterocycles. The molecule has 0 aromatic carbocycles. The van der Waals surface area contributed by atoms with Crippen LogP contribution in [0.5, 0.6) is 0 Å². The van der Waals surface area contributed by atoms with Crippen molar-refractivity contribution in [2.24, 2.45) is 22.2 Å². The molecule has 0 aliphatic rings. The lowest BCUT2D eigenvalue weighted by atomic mass is 10.1. The zero-order valence-corrected chi connectivity index (χ0v) is 22.7. The summed E-state index contributed by atoms with van der Waals surface area (Å²) in [7, 11) is 0. The monoisotopic (exact) mass is 565 g/mol. The van der Waals surface area contributed by atoms with Gasteiger partial charge in [0.25, 0.3) is 0 Å². The van der Waals surface area contributed by atoms with E-state index in [1.807, 2.05) is 12.5 Å². The van der Waals surface area contributed by atoms with Crippen molar-refractivity contribution in [3.63, 3.8) is 0 Å². The van der Waals surface area contributed by atoms with Crippen LogP contribution in [0.25, 0.3) is 0 Å². The molecule has 11 N–H and O–H groups in total. The molecule has 0 aliphatic carbocycles. The van der Waals surface area contributed by atoms with Crippen LogP contribution in [-0.4, -0.2) is 101 Å². The number of rotatable bonds is 20. The number of hydrogen-bond acceptors (Lipinski definition) is 9. The van der Waals surface area contributed by atoms with Crippen molar-refractivity contribution in [1.82, 2.24) is 16.0 Å². The van der Waals surface area contributed by atoms with E-state index in [1.165, 1.54) is 23.5 Å². The van der Waals surface area contributed by atoms with E-state index in [-0.39, 0.29) is 44.6 Å². The minimum absolute atomic E-state index is 0.0995. The van der Waals surface area contributed by atoms with E-state index in [1.54, 1.807) is 0 Å². The molecule has 0 fully saturated rings. The number of hydrogen-bond donors (Lipinski definition) is 8. The lowest BCUT2D eigenvalue weighted by molar-refractivity contribution is -0.142. The zero-order chi connectivity index (χ0) is 28.4. The predicted molar refractivity (Wildman–Crippen MR) is 144 cm³/mol. The maximum absolute atomic E-state index is 13.1. The van der Waals surface area contributed by atoms with Crippen molar-refractivity contribution >= 4 is 59.1 Å². The van der Waals surface area contributed by atoms with Crippen molar-refractivity contribution in [3.8, 4) is 0 Å². The van der Waals surface area contributed by atoms with Gasteiger partial charge in [-0.2, -0.15) is 23.5 Å². The number of nitrogens with one attached hydrogen (secondary N) is 3. The van der Waals surface area contributed by atoms with Gasteiger partial charge in [0.2, 0.25) is 17.7 Å². The summed E-state index contributed by atoms with van der Waals surface area (Å²) in [5, 5.41) is 25.8. The second-order valence-corrected chi connectivity index (χ2v) is 10.0. The van der Waals surface area contributed by atoms with E-state index in [9.17, 15) is 29.1 Å². The van der Waals surface area contributed by atoms with Gasteiger partial charge in [-0.05, 0) is 56.1 Å². The smallest absolute Gasteiger partial charge is 0.326 e. The Hall–Kier alpha value is -2.72. The second kappa shape index (κ2) is 19.4. The van der Waals surface area contributed by atoms with E-state index in [2.05, 4.69) is 20.9 Å². The van der Waals surface area contributed by atoms with Gasteiger partial charge in [0, 0.05) is 13.0 Å². The lowest BCUT2D eigenvalue weighted by Gasteiger charge is -2.25. The molecule has 0 radical (unpaired) electrons. The molecule has 4 atom stereocenters. The van der Waals surface area contributed by atoms with Gasteiger partial charge in [0.1, 0.15) is 18.1 Å². The summed E-state index contributed by atoms with van der Waals surface area (Å²) in [4.78, 5) is 64.6. The first-order valence-electron chi connectivity index (χ1n) is 11.6. The topological polar surface area (TPSA) is 252 Å². The quantitative estimate of drug-likeness (QED) is 0.0466. The molecule has 0 rings (SSSR count). The summed E-state index contributed by atoms with van der Waals surface area (Å²) in [6, 6.07) is -4.44. The number of nitrogens with two attached hydrogens (primary N) is 3. The number of guanidine groups is 1. The molecule has 14 nitrogen and oxygen atoms in total. The number of thioether (sulfide) groups is 2.